The van der Waals surface area contributed by atoms with Crippen LogP contribution in [-0.4, -0.2) is 22.8 Å². The van der Waals surface area contributed by atoms with Crippen LogP contribution < -0.4 is 0 Å². The number of carbonyl (C=O) groups is 1. The van der Waals surface area contributed by atoms with Gasteiger partial charge in [-0.1, -0.05) is 54.9 Å². The molecule has 0 aromatic carbocycles. The minimum absolute atomic E-state index is 0.0415. The fourth-order valence-corrected chi connectivity index (χ4v) is 12.3. The Balaban J connectivity index is 1.47. The van der Waals surface area contributed by atoms with Crippen LogP contribution in [0.3, 0.4) is 0 Å². The lowest BCUT2D eigenvalue weighted by atomic mass is 9.30. The first-order chi connectivity index (χ1) is 15.3. The quantitative estimate of drug-likeness (QED) is 0.443. The Bertz CT molecular complexity index is 878. The van der Waals surface area contributed by atoms with Gasteiger partial charge in [0.05, 0.1) is 5.41 Å². The van der Waals surface area contributed by atoms with Crippen molar-refractivity contribution in [3.05, 3.63) is 0 Å². The Morgan fingerprint density at radius 2 is 1.61 bits per heavy atom. The number of fused-ring (bicyclic) bond motifs is 4. The van der Waals surface area contributed by atoms with Gasteiger partial charge in [-0.15, -0.1) is 0 Å². The van der Waals surface area contributed by atoms with Crippen molar-refractivity contribution in [3.8, 4) is 0 Å². The van der Waals surface area contributed by atoms with E-state index < -0.39 is 11.0 Å². The molecule has 7 fully saturated rings. The lowest BCUT2D eigenvalue weighted by molar-refractivity contribution is -0.360. The molecule has 5 saturated carbocycles. The molecule has 7 rings (SSSR count). The summed E-state index contributed by atoms with van der Waals surface area (Å²) in [5.41, 5.74) is -0.899. The highest BCUT2D eigenvalue weighted by Gasteiger charge is 2.82. The maximum atomic E-state index is 13.7. The molecule has 10 unspecified atom stereocenters. The van der Waals surface area contributed by atoms with E-state index >= 15 is 0 Å². The van der Waals surface area contributed by atoms with E-state index in [4.69, 9.17) is 4.74 Å². The highest BCUT2D eigenvalue weighted by Crippen LogP contribution is 2.80. The second-order valence-corrected chi connectivity index (χ2v) is 15.2. The zero-order chi connectivity index (χ0) is 23.8. The molecule has 2 bridgehead atoms. The summed E-state index contributed by atoms with van der Waals surface area (Å²) in [5, 5.41) is 13.0. The molecule has 3 nitrogen and oxygen atoms in total. The van der Waals surface area contributed by atoms with Crippen molar-refractivity contribution >= 4 is 5.97 Å². The highest BCUT2D eigenvalue weighted by atomic mass is 16.6. The van der Waals surface area contributed by atoms with Gasteiger partial charge in [-0.2, -0.15) is 0 Å². The first-order valence-electron chi connectivity index (χ1n) is 14.2. The SMILES string of the molecule is CC(C)C1CCC2C1(C)CCC1(C)C2(C)CCC2C34CCCC(C)(C)C3CC(OC4=O)C21O. The van der Waals surface area contributed by atoms with Gasteiger partial charge in [-0.3, -0.25) is 4.79 Å². The average Bonchev–Trinajstić information content (AvgIpc) is 3.09. The molecular formula is C30H48O3. The molecule has 2 heterocycles. The second-order valence-electron chi connectivity index (χ2n) is 15.2. The van der Waals surface area contributed by atoms with E-state index in [1.54, 1.807) is 0 Å². The van der Waals surface area contributed by atoms with E-state index in [1.807, 2.05) is 0 Å². The van der Waals surface area contributed by atoms with E-state index in [0.717, 1.165) is 50.4 Å². The van der Waals surface area contributed by atoms with Gasteiger partial charge in [0.15, 0.2) is 0 Å². The number of ether oxygens (including phenoxy) is 1. The van der Waals surface area contributed by atoms with Crippen LogP contribution >= 0.6 is 0 Å². The van der Waals surface area contributed by atoms with Crippen molar-refractivity contribution in [2.45, 2.75) is 124 Å². The van der Waals surface area contributed by atoms with Gasteiger partial charge in [0, 0.05) is 11.3 Å². The summed E-state index contributed by atoms with van der Waals surface area (Å²) in [4.78, 5) is 13.7. The van der Waals surface area contributed by atoms with Crippen molar-refractivity contribution < 1.29 is 14.6 Å². The monoisotopic (exact) mass is 456 g/mol. The molecular weight excluding hydrogens is 408 g/mol. The van der Waals surface area contributed by atoms with Crippen LogP contribution in [0.15, 0.2) is 0 Å². The molecule has 1 spiro atoms. The van der Waals surface area contributed by atoms with Crippen molar-refractivity contribution in [3.63, 3.8) is 0 Å². The topological polar surface area (TPSA) is 46.5 Å². The maximum absolute atomic E-state index is 13.7. The number of rotatable bonds is 1. The second kappa shape index (κ2) is 6.40. The number of carbonyl (C=O) groups excluding carboxylic acids is 1. The predicted molar refractivity (Wildman–Crippen MR) is 130 cm³/mol. The molecule has 10 atom stereocenters. The molecule has 0 aromatic rings. The molecule has 186 valence electrons. The summed E-state index contributed by atoms with van der Waals surface area (Å²) in [6, 6.07) is 0. The normalized spacial score (nSPS) is 58.8. The molecule has 2 saturated heterocycles. The largest absolute Gasteiger partial charge is 0.459 e. The van der Waals surface area contributed by atoms with Crippen LogP contribution in [0.4, 0.5) is 0 Å². The van der Waals surface area contributed by atoms with Crippen molar-refractivity contribution in [2.24, 2.45) is 56.7 Å². The van der Waals surface area contributed by atoms with Crippen LogP contribution in [0.1, 0.15) is 113 Å². The Morgan fingerprint density at radius 3 is 2.30 bits per heavy atom. The minimum Gasteiger partial charge on any atom is -0.459 e. The molecule has 0 amide bonds. The molecule has 33 heavy (non-hydrogen) atoms. The first-order valence-corrected chi connectivity index (χ1v) is 14.2. The van der Waals surface area contributed by atoms with Gasteiger partial charge in [0.1, 0.15) is 11.7 Å². The van der Waals surface area contributed by atoms with Gasteiger partial charge in [0.25, 0.3) is 0 Å². The minimum atomic E-state index is -0.880. The molecule has 1 N–H and O–H groups in total. The van der Waals surface area contributed by atoms with E-state index in [-0.39, 0.29) is 34.2 Å². The lowest BCUT2D eigenvalue weighted by Gasteiger charge is -2.77. The highest BCUT2D eigenvalue weighted by molar-refractivity contribution is 5.81. The van der Waals surface area contributed by atoms with Gasteiger partial charge in [0.2, 0.25) is 0 Å². The molecule has 5 aliphatic carbocycles. The van der Waals surface area contributed by atoms with Gasteiger partial charge in [-0.25, -0.2) is 0 Å². The summed E-state index contributed by atoms with van der Waals surface area (Å²) in [6.45, 7) is 17.1. The van der Waals surface area contributed by atoms with Crippen molar-refractivity contribution in [1.82, 2.24) is 0 Å². The van der Waals surface area contributed by atoms with E-state index in [2.05, 4.69) is 48.5 Å². The van der Waals surface area contributed by atoms with E-state index in [0.29, 0.717) is 17.3 Å². The zero-order valence-electron chi connectivity index (χ0n) is 22.3. The summed E-state index contributed by atoms with van der Waals surface area (Å²) >= 11 is 0. The van der Waals surface area contributed by atoms with Crippen LogP contribution in [0.2, 0.25) is 0 Å². The van der Waals surface area contributed by atoms with Crippen LogP contribution in [-0.2, 0) is 9.53 Å². The Labute approximate surface area is 201 Å². The van der Waals surface area contributed by atoms with Gasteiger partial charge < -0.3 is 9.84 Å². The van der Waals surface area contributed by atoms with Gasteiger partial charge >= 0.3 is 5.97 Å². The Morgan fingerprint density at radius 1 is 0.879 bits per heavy atom. The van der Waals surface area contributed by atoms with E-state index in [1.165, 1.54) is 25.7 Å². The summed E-state index contributed by atoms with van der Waals surface area (Å²) in [6.07, 6.45) is 10.8. The first kappa shape index (κ1) is 22.9. The number of hydrogen-bond donors (Lipinski definition) is 1. The molecule has 0 radical (unpaired) electrons. The fourth-order valence-electron chi connectivity index (χ4n) is 12.3. The third-order valence-corrected chi connectivity index (χ3v) is 13.9. The predicted octanol–water partition coefficient (Wildman–Crippen LogP) is 6.76. The summed E-state index contributed by atoms with van der Waals surface area (Å²) in [5.74, 6) is 2.64. The Kier molecular flexibility index (Phi) is 4.44. The third-order valence-electron chi connectivity index (χ3n) is 13.9. The van der Waals surface area contributed by atoms with Crippen molar-refractivity contribution in [2.75, 3.05) is 0 Å². The van der Waals surface area contributed by atoms with Crippen LogP contribution in [0.25, 0.3) is 0 Å². The zero-order valence-corrected chi connectivity index (χ0v) is 22.3. The average molecular weight is 457 g/mol. The van der Waals surface area contributed by atoms with E-state index in [9.17, 15) is 9.90 Å². The van der Waals surface area contributed by atoms with Gasteiger partial charge in [-0.05, 0) is 97.7 Å². The number of hydrogen-bond acceptors (Lipinski definition) is 3. The smallest absolute Gasteiger partial charge is 0.313 e. The molecule has 7 aliphatic rings. The molecule has 2 aliphatic heterocycles. The third kappa shape index (κ3) is 2.27. The standard InChI is InChI=1S/C30H48O3/c1-18(2)19-9-10-20-26(19,5)15-16-28(7)27(20,6)14-11-21-29-13-8-12-25(3,4)22(29)17-23(30(21,28)32)33-24(29)31/h18-23,32H,8-17H2,1-7H3. The maximum Gasteiger partial charge on any atom is 0.313 e. The molecule has 3 heteroatoms. The number of esters is 1. The fraction of sp³-hybridized carbons (Fsp3) is 0.967. The lowest BCUT2D eigenvalue weighted by Crippen LogP contribution is -2.81. The van der Waals surface area contributed by atoms with Crippen molar-refractivity contribution in [1.29, 1.82) is 0 Å². The molecule has 0 aromatic heterocycles. The van der Waals surface area contributed by atoms with Crippen LogP contribution in [0.5, 0.6) is 0 Å². The van der Waals surface area contributed by atoms with Crippen LogP contribution in [0, 0.1) is 56.7 Å². The Hall–Kier alpha value is -0.570. The summed E-state index contributed by atoms with van der Waals surface area (Å²) < 4.78 is 6.28. The summed E-state index contributed by atoms with van der Waals surface area (Å²) in [7, 11) is 0. The number of aliphatic hydroxyl groups is 1.